The topological polar surface area (TPSA) is 84.5 Å². The minimum atomic E-state index is -0.594. The van der Waals surface area contributed by atoms with Gasteiger partial charge in [-0.05, 0) is 43.7 Å². The van der Waals surface area contributed by atoms with E-state index in [1.807, 2.05) is 44.2 Å². The van der Waals surface area contributed by atoms with Gasteiger partial charge in [0.25, 0.3) is 5.91 Å². The molecule has 0 saturated carbocycles. The van der Waals surface area contributed by atoms with Gasteiger partial charge < -0.3 is 15.4 Å². The van der Waals surface area contributed by atoms with Crippen molar-refractivity contribution in [1.82, 2.24) is 0 Å². The van der Waals surface area contributed by atoms with E-state index < -0.39 is 11.9 Å². The largest absolute Gasteiger partial charge is 0.456 e. The van der Waals surface area contributed by atoms with Crippen LogP contribution >= 0.6 is 0 Å². The molecule has 0 aliphatic heterocycles. The summed E-state index contributed by atoms with van der Waals surface area (Å²) in [5.41, 5.74) is 3.43. The highest BCUT2D eigenvalue weighted by molar-refractivity contribution is 5.94. The molecule has 0 spiro atoms. The number of hydrogen-bond donors (Lipinski definition) is 2. The van der Waals surface area contributed by atoms with Crippen LogP contribution in [-0.4, -0.2) is 24.4 Å². The third-order valence-corrected chi connectivity index (χ3v) is 3.56. The van der Waals surface area contributed by atoms with Gasteiger partial charge in [0.15, 0.2) is 6.61 Å². The zero-order valence-corrected chi connectivity index (χ0v) is 14.9. The molecule has 0 bridgehead atoms. The summed E-state index contributed by atoms with van der Waals surface area (Å²) in [5, 5.41) is 5.35. The van der Waals surface area contributed by atoms with E-state index in [2.05, 4.69) is 10.6 Å². The van der Waals surface area contributed by atoms with Crippen molar-refractivity contribution in [1.29, 1.82) is 0 Å². The summed E-state index contributed by atoms with van der Waals surface area (Å²) in [7, 11) is 0. The van der Waals surface area contributed by atoms with E-state index in [0.717, 1.165) is 11.1 Å². The van der Waals surface area contributed by atoms with Crippen molar-refractivity contribution in [2.75, 3.05) is 17.2 Å². The van der Waals surface area contributed by atoms with Crippen molar-refractivity contribution in [3.05, 3.63) is 59.7 Å². The Morgan fingerprint density at radius 1 is 0.808 bits per heavy atom. The van der Waals surface area contributed by atoms with Crippen LogP contribution in [0.25, 0.3) is 0 Å². The highest BCUT2D eigenvalue weighted by Gasteiger charge is 2.11. The summed E-state index contributed by atoms with van der Waals surface area (Å²) >= 11 is 0. The molecule has 0 aromatic heterocycles. The van der Waals surface area contributed by atoms with Gasteiger partial charge in [-0.15, -0.1) is 0 Å². The maximum atomic E-state index is 11.8. The van der Waals surface area contributed by atoms with E-state index in [9.17, 15) is 14.4 Å². The molecule has 0 radical (unpaired) electrons. The fourth-order valence-electron chi connectivity index (χ4n) is 2.21. The van der Waals surface area contributed by atoms with Gasteiger partial charge in [0.2, 0.25) is 5.91 Å². The van der Waals surface area contributed by atoms with Crippen molar-refractivity contribution < 1.29 is 19.1 Å². The standard InChI is InChI=1S/C20H22N2O4/c1-14-6-8-16(9-7-14)21-19(24)13-26-20(25)11-10-18(23)22-17-5-3-4-15(2)12-17/h3-9,12H,10-11,13H2,1-2H3,(H,21,24)(H,22,23). The molecule has 6 nitrogen and oxygen atoms in total. The highest BCUT2D eigenvalue weighted by atomic mass is 16.5. The van der Waals surface area contributed by atoms with E-state index in [0.29, 0.717) is 11.4 Å². The smallest absolute Gasteiger partial charge is 0.306 e. The van der Waals surface area contributed by atoms with E-state index in [1.165, 1.54) is 0 Å². The van der Waals surface area contributed by atoms with Crippen LogP contribution in [0.5, 0.6) is 0 Å². The van der Waals surface area contributed by atoms with Crippen LogP contribution in [0.2, 0.25) is 0 Å². The number of amides is 2. The molecule has 2 rings (SSSR count). The Bertz CT molecular complexity index is 785. The summed E-state index contributed by atoms with van der Waals surface area (Å²) in [6.45, 7) is 3.49. The maximum Gasteiger partial charge on any atom is 0.306 e. The predicted molar refractivity (Wildman–Crippen MR) is 99.8 cm³/mol. The molecule has 2 N–H and O–H groups in total. The molecule has 0 unspecified atom stereocenters. The number of ether oxygens (including phenoxy) is 1. The lowest BCUT2D eigenvalue weighted by atomic mass is 10.2. The van der Waals surface area contributed by atoms with Gasteiger partial charge in [-0.1, -0.05) is 29.8 Å². The number of rotatable bonds is 7. The Kier molecular flexibility index (Phi) is 6.91. The first-order valence-electron chi connectivity index (χ1n) is 8.31. The van der Waals surface area contributed by atoms with Crippen molar-refractivity contribution >= 4 is 29.2 Å². The van der Waals surface area contributed by atoms with Crippen LogP contribution in [0.15, 0.2) is 48.5 Å². The SMILES string of the molecule is Cc1ccc(NC(=O)COC(=O)CCC(=O)Nc2cccc(C)c2)cc1. The van der Waals surface area contributed by atoms with E-state index in [-0.39, 0.29) is 25.4 Å². The molecule has 0 atom stereocenters. The molecule has 6 heteroatoms. The number of benzene rings is 2. The number of carbonyl (C=O) groups excluding carboxylic acids is 3. The molecular weight excluding hydrogens is 332 g/mol. The molecule has 2 aromatic rings. The molecule has 0 aliphatic carbocycles. The Morgan fingerprint density at radius 3 is 2.19 bits per heavy atom. The highest BCUT2D eigenvalue weighted by Crippen LogP contribution is 2.10. The number of esters is 1. The Hall–Kier alpha value is -3.15. The average molecular weight is 354 g/mol. The maximum absolute atomic E-state index is 11.8. The van der Waals surface area contributed by atoms with Crippen LogP contribution in [0, 0.1) is 13.8 Å². The molecule has 136 valence electrons. The normalized spacial score (nSPS) is 10.1. The summed E-state index contributed by atoms with van der Waals surface area (Å²) < 4.78 is 4.89. The number of nitrogens with one attached hydrogen (secondary N) is 2. The zero-order valence-electron chi connectivity index (χ0n) is 14.9. The zero-order chi connectivity index (χ0) is 18.9. The number of aryl methyl sites for hydroxylation is 2. The molecular formula is C20H22N2O4. The fourth-order valence-corrected chi connectivity index (χ4v) is 2.21. The first-order chi connectivity index (χ1) is 12.4. The van der Waals surface area contributed by atoms with Gasteiger partial charge in [0, 0.05) is 17.8 Å². The molecule has 2 aromatic carbocycles. The summed E-state index contributed by atoms with van der Waals surface area (Å²) in [6.07, 6.45) is -0.0954. The van der Waals surface area contributed by atoms with Crippen LogP contribution < -0.4 is 10.6 Å². The predicted octanol–water partition coefficient (Wildman–Crippen LogP) is 3.20. The van der Waals surface area contributed by atoms with E-state index >= 15 is 0 Å². The molecule has 0 saturated heterocycles. The lowest BCUT2D eigenvalue weighted by molar-refractivity contribution is -0.147. The van der Waals surface area contributed by atoms with Gasteiger partial charge in [0.05, 0.1) is 6.42 Å². The van der Waals surface area contributed by atoms with Gasteiger partial charge >= 0.3 is 5.97 Å². The fraction of sp³-hybridized carbons (Fsp3) is 0.250. The van der Waals surface area contributed by atoms with Crippen molar-refractivity contribution in [2.45, 2.75) is 26.7 Å². The summed E-state index contributed by atoms with van der Waals surface area (Å²) in [5.74, 6) is -1.30. The molecule has 0 aliphatic rings. The Morgan fingerprint density at radius 2 is 1.50 bits per heavy atom. The van der Waals surface area contributed by atoms with Gasteiger partial charge in [-0.2, -0.15) is 0 Å². The minimum Gasteiger partial charge on any atom is -0.456 e. The summed E-state index contributed by atoms with van der Waals surface area (Å²) in [4.78, 5) is 35.3. The van der Waals surface area contributed by atoms with E-state index in [4.69, 9.17) is 4.74 Å². The third kappa shape index (κ3) is 6.76. The minimum absolute atomic E-state index is 0.00758. The second-order valence-corrected chi connectivity index (χ2v) is 5.99. The number of carbonyl (C=O) groups is 3. The van der Waals surface area contributed by atoms with Crippen molar-refractivity contribution in [2.24, 2.45) is 0 Å². The molecule has 26 heavy (non-hydrogen) atoms. The summed E-state index contributed by atoms with van der Waals surface area (Å²) in [6, 6.07) is 14.7. The van der Waals surface area contributed by atoms with Gasteiger partial charge in [-0.25, -0.2) is 0 Å². The van der Waals surface area contributed by atoms with Crippen LogP contribution in [0.1, 0.15) is 24.0 Å². The lowest BCUT2D eigenvalue weighted by Gasteiger charge is -2.08. The number of anilines is 2. The van der Waals surface area contributed by atoms with Gasteiger partial charge in [-0.3, -0.25) is 14.4 Å². The third-order valence-electron chi connectivity index (χ3n) is 3.56. The monoisotopic (exact) mass is 354 g/mol. The quantitative estimate of drug-likeness (QED) is 0.748. The van der Waals surface area contributed by atoms with Crippen molar-refractivity contribution in [3.63, 3.8) is 0 Å². The number of hydrogen-bond acceptors (Lipinski definition) is 4. The van der Waals surface area contributed by atoms with Crippen LogP contribution in [0.4, 0.5) is 11.4 Å². The van der Waals surface area contributed by atoms with E-state index in [1.54, 1.807) is 18.2 Å². The second kappa shape index (κ2) is 9.36. The molecule has 0 heterocycles. The molecule has 2 amide bonds. The van der Waals surface area contributed by atoms with Gasteiger partial charge in [0.1, 0.15) is 0 Å². The lowest BCUT2D eigenvalue weighted by Crippen LogP contribution is -2.21. The first kappa shape index (κ1) is 19.2. The molecule has 0 fully saturated rings. The average Bonchev–Trinajstić information content (AvgIpc) is 2.60. The second-order valence-electron chi connectivity index (χ2n) is 5.99. The Labute approximate surface area is 152 Å². The van der Waals surface area contributed by atoms with Crippen molar-refractivity contribution in [3.8, 4) is 0 Å². The van der Waals surface area contributed by atoms with Crippen LogP contribution in [-0.2, 0) is 19.1 Å². The van der Waals surface area contributed by atoms with Crippen LogP contribution in [0.3, 0.4) is 0 Å². The Balaban J connectivity index is 1.67. The first-order valence-corrected chi connectivity index (χ1v) is 8.31.